The molecule has 0 saturated carbocycles. The molecule has 1 aromatic rings. The van der Waals surface area contributed by atoms with E-state index in [1.165, 1.54) is 6.42 Å². The molecule has 0 radical (unpaired) electrons. The number of halogens is 1. The van der Waals surface area contributed by atoms with Crippen molar-refractivity contribution >= 4 is 17.5 Å². The number of amides is 1. The fourth-order valence-corrected chi connectivity index (χ4v) is 2.72. The summed E-state index contributed by atoms with van der Waals surface area (Å²) in [5.41, 5.74) is 0.724. The van der Waals surface area contributed by atoms with Crippen LogP contribution in [-0.2, 0) is 4.79 Å². The van der Waals surface area contributed by atoms with Gasteiger partial charge in [-0.2, -0.15) is 0 Å². The number of piperidine rings is 1. The number of carbonyl (C=O) groups excluding carboxylic acids is 1. The predicted octanol–water partition coefficient (Wildman–Crippen LogP) is 3.17. The maximum atomic E-state index is 12.3. The molecule has 1 saturated heterocycles. The maximum absolute atomic E-state index is 12.3. The molecule has 0 bridgehead atoms. The monoisotopic (exact) mass is 311 g/mol. The first-order chi connectivity index (χ1) is 9.99. The minimum Gasteiger partial charge on any atom is -0.479 e. The van der Waals surface area contributed by atoms with Gasteiger partial charge < -0.3 is 14.7 Å². The van der Waals surface area contributed by atoms with Crippen LogP contribution < -0.4 is 4.74 Å². The van der Waals surface area contributed by atoms with Crippen LogP contribution in [0, 0.1) is 0 Å². The van der Waals surface area contributed by atoms with Crippen LogP contribution in [-0.4, -0.2) is 35.1 Å². The highest BCUT2D eigenvalue weighted by Crippen LogP contribution is 2.29. The smallest absolute Gasteiger partial charge is 0.263 e. The van der Waals surface area contributed by atoms with Crippen LogP contribution in [0.2, 0.25) is 5.02 Å². The normalized spacial score (nSPS) is 18.2. The molecule has 2 atom stereocenters. The van der Waals surface area contributed by atoms with Crippen LogP contribution in [0.25, 0.3) is 0 Å². The molecular formula is C16H22ClNO3. The van der Waals surface area contributed by atoms with Gasteiger partial charge in [0.2, 0.25) is 0 Å². The van der Waals surface area contributed by atoms with Crippen molar-refractivity contribution in [2.45, 2.75) is 45.3 Å². The Hall–Kier alpha value is -1.26. The van der Waals surface area contributed by atoms with E-state index < -0.39 is 12.2 Å². The van der Waals surface area contributed by atoms with E-state index in [1.54, 1.807) is 32.0 Å². The number of carbonyl (C=O) groups is 1. The van der Waals surface area contributed by atoms with Gasteiger partial charge in [-0.1, -0.05) is 17.7 Å². The molecule has 1 aromatic carbocycles. The van der Waals surface area contributed by atoms with Gasteiger partial charge in [-0.3, -0.25) is 4.79 Å². The third kappa shape index (κ3) is 4.11. The van der Waals surface area contributed by atoms with Gasteiger partial charge in [0, 0.05) is 13.1 Å². The van der Waals surface area contributed by atoms with Crippen molar-refractivity contribution in [3.05, 3.63) is 28.8 Å². The largest absolute Gasteiger partial charge is 0.479 e. The molecule has 21 heavy (non-hydrogen) atoms. The van der Waals surface area contributed by atoms with E-state index in [0.717, 1.165) is 31.5 Å². The van der Waals surface area contributed by atoms with Crippen LogP contribution in [0.4, 0.5) is 0 Å². The minimum absolute atomic E-state index is 0.00497. The molecule has 1 amide bonds. The Morgan fingerprint density at radius 2 is 1.95 bits per heavy atom. The lowest BCUT2D eigenvalue weighted by molar-refractivity contribution is -0.138. The number of nitrogens with zero attached hydrogens (tertiary/aromatic N) is 1. The van der Waals surface area contributed by atoms with Gasteiger partial charge in [0.1, 0.15) is 5.75 Å². The van der Waals surface area contributed by atoms with E-state index >= 15 is 0 Å². The Morgan fingerprint density at radius 3 is 2.52 bits per heavy atom. The Kier molecular flexibility index (Phi) is 5.48. The number of rotatable bonds is 4. The summed E-state index contributed by atoms with van der Waals surface area (Å²) in [5.74, 6) is 0.476. The summed E-state index contributed by atoms with van der Waals surface area (Å²) in [5, 5.41) is 9.93. The average Bonchev–Trinajstić information content (AvgIpc) is 2.49. The Morgan fingerprint density at radius 1 is 1.29 bits per heavy atom. The topological polar surface area (TPSA) is 49.8 Å². The fourth-order valence-electron chi connectivity index (χ4n) is 2.48. The molecule has 1 aliphatic heterocycles. The summed E-state index contributed by atoms with van der Waals surface area (Å²) in [4.78, 5) is 14.2. The summed E-state index contributed by atoms with van der Waals surface area (Å²) < 4.78 is 5.69. The van der Waals surface area contributed by atoms with Gasteiger partial charge in [-0.25, -0.2) is 0 Å². The molecular weight excluding hydrogens is 290 g/mol. The van der Waals surface area contributed by atoms with E-state index in [2.05, 4.69) is 0 Å². The van der Waals surface area contributed by atoms with Gasteiger partial charge in [0.25, 0.3) is 5.91 Å². The number of aliphatic hydroxyl groups excluding tert-OH is 1. The number of hydrogen-bond donors (Lipinski definition) is 1. The van der Waals surface area contributed by atoms with Crippen molar-refractivity contribution < 1.29 is 14.6 Å². The molecule has 116 valence electrons. The second kappa shape index (κ2) is 7.14. The Bertz CT molecular complexity index is 498. The van der Waals surface area contributed by atoms with Gasteiger partial charge in [0.05, 0.1) is 11.1 Å². The molecule has 1 aliphatic rings. The third-order valence-corrected chi connectivity index (χ3v) is 4.05. The number of hydrogen-bond acceptors (Lipinski definition) is 3. The first kappa shape index (κ1) is 16.1. The van der Waals surface area contributed by atoms with Crippen molar-refractivity contribution in [3.63, 3.8) is 0 Å². The summed E-state index contributed by atoms with van der Waals surface area (Å²) in [6.07, 6.45) is 2.16. The molecule has 5 heteroatoms. The Balaban J connectivity index is 2.01. The molecule has 2 unspecified atom stereocenters. The van der Waals surface area contributed by atoms with Crippen molar-refractivity contribution in [2.24, 2.45) is 0 Å². The van der Waals surface area contributed by atoms with E-state index in [0.29, 0.717) is 10.8 Å². The van der Waals surface area contributed by atoms with E-state index in [9.17, 15) is 9.90 Å². The van der Waals surface area contributed by atoms with E-state index in [4.69, 9.17) is 16.3 Å². The lowest BCUT2D eigenvalue weighted by Gasteiger charge is -2.29. The van der Waals surface area contributed by atoms with E-state index in [-0.39, 0.29) is 5.91 Å². The van der Waals surface area contributed by atoms with E-state index in [1.807, 2.05) is 4.90 Å². The van der Waals surface area contributed by atoms with Crippen LogP contribution in [0.3, 0.4) is 0 Å². The fraction of sp³-hybridized carbons (Fsp3) is 0.562. The standard InChI is InChI=1S/C16H22ClNO3/c1-11(19)13-6-7-15(14(17)10-13)21-12(2)16(20)18-8-4-3-5-9-18/h6-7,10-12,19H,3-5,8-9H2,1-2H3. The highest BCUT2D eigenvalue weighted by molar-refractivity contribution is 6.32. The first-order valence-electron chi connectivity index (χ1n) is 7.42. The highest BCUT2D eigenvalue weighted by Gasteiger charge is 2.24. The predicted molar refractivity (Wildman–Crippen MR) is 82.6 cm³/mol. The van der Waals surface area contributed by atoms with Crippen LogP contribution in [0.15, 0.2) is 18.2 Å². The summed E-state index contributed by atoms with van der Waals surface area (Å²) in [6.45, 7) is 5.03. The molecule has 0 aromatic heterocycles. The molecule has 0 aliphatic carbocycles. The van der Waals surface area contributed by atoms with Gasteiger partial charge in [-0.05, 0) is 50.8 Å². The molecule has 2 rings (SSSR count). The highest BCUT2D eigenvalue weighted by atomic mass is 35.5. The number of benzene rings is 1. The zero-order valence-electron chi connectivity index (χ0n) is 12.5. The van der Waals surface area contributed by atoms with Crippen LogP contribution in [0.1, 0.15) is 44.8 Å². The lowest BCUT2D eigenvalue weighted by atomic mass is 10.1. The van der Waals surface area contributed by atoms with Crippen molar-refractivity contribution in [2.75, 3.05) is 13.1 Å². The summed E-state index contributed by atoms with van der Waals surface area (Å²) in [7, 11) is 0. The summed E-state index contributed by atoms with van der Waals surface area (Å²) >= 11 is 6.15. The second-order valence-corrected chi connectivity index (χ2v) is 5.92. The SMILES string of the molecule is CC(Oc1ccc(C(C)O)cc1Cl)C(=O)N1CCCCC1. The molecule has 1 heterocycles. The van der Waals surface area contributed by atoms with Crippen molar-refractivity contribution in [1.82, 2.24) is 4.90 Å². The first-order valence-corrected chi connectivity index (χ1v) is 7.80. The number of likely N-dealkylation sites (tertiary alicyclic amines) is 1. The van der Waals surface area contributed by atoms with Crippen molar-refractivity contribution in [3.8, 4) is 5.75 Å². The average molecular weight is 312 g/mol. The van der Waals surface area contributed by atoms with Crippen LogP contribution in [0.5, 0.6) is 5.75 Å². The van der Waals surface area contributed by atoms with Gasteiger partial charge in [0.15, 0.2) is 6.10 Å². The van der Waals surface area contributed by atoms with Crippen LogP contribution >= 0.6 is 11.6 Å². The number of ether oxygens (including phenoxy) is 1. The van der Waals surface area contributed by atoms with Gasteiger partial charge in [-0.15, -0.1) is 0 Å². The van der Waals surface area contributed by atoms with Crippen molar-refractivity contribution in [1.29, 1.82) is 0 Å². The zero-order chi connectivity index (χ0) is 15.4. The maximum Gasteiger partial charge on any atom is 0.263 e. The van der Waals surface area contributed by atoms with Gasteiger partial charge >= 0.3 is 0 Å². The number of aliphatic hydroxyl groups is 1. The summed E-state index contributed by atoms with van der Waals surface area (Å²) in [6, 6.07) is 5.12. The quantitative estimate of drug-likeness (QED) is 0.929. The molecule has 4 nitrogen and oxygen atoms in total. The molecule has 0 spiro atoms. The third-order valence-electron chi connectivity index (χ3n) is 3.76. The molecule has 1 N–H and O–H groups in total. The second-order valence-electron chi connectivity index (χ2n) is 5.51. The lowest BCUT2D eigenvalue weighted by Crippen LogP contribution is -2.43. The minimum atomic E-state index is -0.580. The zero-order valence-corrected chi connectivity index (χ0v) is 13.3. The Labute approximate surface area is 130 Å². The molecule has 1 fully saturated rings.